The Morgan fingerprint density at radius 2 is 1.94 bits per heavy atom. The highest BCUT2D eigenvalue weighted by atomic mass is 35.5. The number of ether oxygens (including phenoxy) is 1. The Hall–Kier alpha value is -1.68. The zero-order valence-corrected chi connectivity index (χ0v) is 19.5. The molecular weight excluding hydrogens is 442 g/mol. The third-order valence-electron chi connectivity index (χ3n) is 6.03. The molecule has 8 nitrogen and oxygen atoms in total. The summed E-state index contributed by atoms with van der Waals surface area (Å²) in [4.78, 5) is 24.6. The lowest BCUT2D eigenvalue weighted by molar-refractivity contribution is -0.149. The summed E-state index contributed by atoms with van der Waals surface area (Å²) in [5, 5.41) is 2.18. The molecule has 3 rings (SSSR count). The lowest BCUT2D eigenvalue weighted by Gasteiger charge is -2.34. The maximum absolute atomic E-state index is 13.2. The van der Waals surface area contributed by atoms with E-state index in [2.05, 4.69) is 5.43 Å². The lowest BCUT2D eigenvalue weighted by atomic mass is 9.96. The molecule has 1 aromatic rings. The number of halogens is 1. The summed E-state index contributed by atoms with van der Waals surface area (Å²) in [6.45, 7) is 3.53. The Kier molecular flexibility index (Phi) is 7.96. The summed E-state index contributed by atoms with van der Waals surface area (Å²) in [7, 11) is -2.31. The third kappa shape index (κ3) is 5.77. The van der Waals surface area contributed by atoms with E-state index in [9.17, 15) is 18.0 Å². The fourth-order valence-corrected chi connectivity index (χ4v) is 6.37. The molecule has 172 valence electrons. The van der Waals surface area contributed by atoms with Crippen molar-refractivity contribution in [1.29, 1.82) is 0 Å². The van der Waals surface area contributed by atoms with Crippen LogP contribution in [0.25, 0.3) is 0 Å². The van der Waals surface area contributed by atoms with E-state index in [1.807, 2.05) is 0 Å². The summed E-state index contributed by atoms with van der Waals surface area (Å²) < 4.78 is 32.6. The SMILES string of the molecule is COC(=O)C1CCCN(NC(=O)CC2CCCN(S(=O)(=O)c3cccc(Cl)c3C)C2)C1. The topological polar surface area (TPSA) is 96.0 Å². The minimum atomic E-state index is -3.68. The first-order valence-corrected chi connectivity index (χ1v) is 12.4. The second-order valence-electron chi connectivity index (χ2n) is 8.28. The fraction of sp³-hybridized carbons (Fsp3) is 0.619. The van der Waals surface area contributed by atoms with Gasteiger partial charge in [0.25, 0.3) is 0 Å². The van der Waals surface area contributed by atoms with Gasteiger partial charge < -0.3 is 4.74 Å². The van der Waals surface area contributed by atoms with Crippen molar-refractivity contribution in [3.05, 3.63) is 28.8 Å². The Morgan fingerprint density at radius 3 is 2.68 bits per heavy atom. The molecule has 0 aromatic heterocycles. The van der Waals surface area contributed by atoms with Crippen LogP contribution < -0.4 is 5.43 Å². The number of carbonyl (C=O) groups is 2. The van der Waals surface area contributed by atoms with E-state index in [1.165, 1.54) is 11.4 Å². The summed E-state index contributed by atoms with van der Waals surface area (Å²) in [5.41, 5.74) is 3.41. The Balaban J connectivity index is 1.59. The number of hydrazine groups is 1. The van der Waals surface area contributed by atoms with Crippen molar-refractivity contribution in [2.45, 2.75) is 43.9 Å². The normalized spacial score (nSPS) is 23.3. The van der Waals surface area contributed by atoms with Crippen molar-refractivity contribution >= 4 is 33.5 Å². The Bertz CT molecular complexity index is 924. The number of amides is 1. The van der Waals surface area contributed by atoms with E-state index in [-0.39, 0.29) is 35.0 Å². The van der Waals surface area contributed by atoms with Gasteiger partial charge in [-0.1, -0.05) is 17.7 Å². The minimum absolute atomic E-state index is 0.0655. The number of esters is 1. The van der Waals surface area contributed by atoms with Gasteiger partial charge in [-0.2, -0.15) is 4.31 Å². The van der Waals surface area contributed by atoms with Crippen molar-refractivity contribution in [2.24, 2.45) is 11.8 Å². The molecule has 2 aliphatic heterocycles. The molecule has 1 N–H and O–H groups in total. The molecule has 0 radical (unpaired) electrons. The summed E-state index contributed by atoms with van der Waals surface area (Å²) in [6.07, 6.45) is 3.27. The zero-order valence-electron chi connectivity index (χ0n) is 18.0. The molecule has 2 unspecified atom stereocenters. The summed E-state index contributed by atoms with van der Waals surface area (Å²) >= 11 is 6.12. The van der Waals surface area contributed by atoms with Gasteiger partial charge in [-0.25, -0.2) is 13.4 Å². The molecule has 2 aliphatic rings. The van der Waals surface area contributed by atoms with Gasteiger partial charge in [0.05, 0.1) is 17.9 Å². The van der Waals surface area contributed by atoms with E-state index < -0.39 is 10.0 Å². The van der Waals surface area contributed by atoms with Gasteiger partial charge in [-0.3, -0.25) is 15.0 Å². The van der Waals surface area contributed by atoms with E-state index in [4.69, 9.17) is 16.3 Å². The predicted molar refractivity (Wildman–Crippen MR) is 117 cm³/mol. The molecule has 2 heterocycles. The number of sulfonamides is 1. The molecule has 31 heavy (non-hydrogen) atoms. The molecule has 2 fully saturated rings. The van der Waals surface area contributed by atoms with Gasteiger partial charge in [-0.05, 0) is 56.2 Å². The van der Waals surface area contributed by atoms with E-state index >= 15 is 0 Å². The first-order valence-electron chi connectivity index (χ1n) is 10.6. The van der Waals surface area contributed by atoms with E-state index in [0.717, 1.165) is 19.3 Å². The highest BCUT2D eigenvalue weighted by Crippen LogP contribution is 2.29. The molecule has 0 bridgehead atoms. The fourth-order valence-electron chi connectivity index (χ4n) is 4.34. The Morgan fingerprint density at radius 1 is 1.19 bits per heavy atom. The van der Waals surface area contributed by atoms with Crippen molar-refractivity contribution in [3.8, 4) is 0 Å². The maximum atomic E-state index is 13.2. The van der Waals surface area contributed by atoms with Crippen LogP contribution in [0.3, 0.4) is 0 Å². The molecule has 0 saturated carbocycles. The first-order chi connectivity index (χ1) is 14.7. The van der Waals surface area contributed by atoms with E-state index in [0.29, 0.717) is 43.2 Å². The first kappa shape index (κ1) is 24.0. The van der Waals surface area contributed by atoms with Gasteiger partial charge in [0.15, 0.2) is 0 Å². The molecule has 1 amide bonds. The maximum Gasteiger partial charge on any atom is 0.310 e. The van der Waals surface area contributed by atoms with Gasteiger partial charge in [0, 0.05) is 37.6 Å². The summed E-state index contributed by atoms with van der Waals surface area (Å²) in [5.74, 6) is -0.725. The smallest absolute Gasteiger partial charge is 0.310 e. The van der Waals surface area contributed by atoms with Crippen LogP contribution in [0.1, 0.15) is 37.7 Å². The molecule has 1 aromatic carbocycles. The van der Waals surface area contributed by atoms with Crippen LogP contribution in [-0.2, 0) is 24.3 Å². The number of methoxy groups -OCH3 is 1. The highest BCUT2D eigenvalue weighted by Gasteiger charge is 2.33. The number of hydrogen-bond donors (Lipinski definition) is 1. The average Bonchev–Trinajstić information content (AvgIpc) is 2.75. The number of benzene rings is 1. The van der Waals surface area contributed by atoms with Crippen LogP contribution in [0.5, 0.6) is 0 Å². The molecule has 2 atom stereocenters. The monoisotopic (exact) mass is 471 g/mol. The predicted octanol–water partition coefficient (Wildman–Crippen LogP) is 2.36. The van der Waals surface area contributed by atoms with Crippen molar-refractivity contribution < 1.29 is 22.7 Å². The van der Waals surface area contributed by atoms with Gasteiger partial charge >= 0.3 is 5.97 Å². The van der Waals surface area contributed by atoms with Gasteiger partial charge in [0.2, 0.25) is 15.9 Å². The third-order valence-corrected chi connectivity index (χ3v) is 8.45. The molecule has 10 heteroatoms. The van der Waals surface area contributed by atoms with E-state index in [1.54, 1.807) is 30.1 Å². The van der Waals surface area contributed by atoms with Gasteiger partial charge in [0.1, 0.15) is 0 Å². The largest absolute Gasteiger partial charge is 0.469 e. The number of nitrogens with zero attached hydrogens (tertiary/aromatic N) is 2. The zero-order chi connectivity index (χ0) is 22.6. The average molecular weight is 472 g/mol. The van der Waals surface area contributed by atoms with Crippen LogP contribution in [0, 0.1) is 18.8 Å². The standard InChI is InChI=1S/C21H30ClN3O5S/c1-15-18(22)8-3-9-19(15)31(28,29)25-11-4-6-16(13-25)12-20(26)23-24-10-5-7-17(14-24)21(27)30-2/h3,8-9,16-17H,4-7,10-14H2,1-2H3,(H,23,26). The van der Waals surface area contributed by atoms with Crippen LogP contribution in [-0.4, -0.2) is 62.9 Å². The van der Waals surface area contributed by atoms with Crippen molar-refractivity contribution in [3.63, 3.8) is 0 Å². The minimum Gasteiger partial charge on any atom is -0.469 e. The van der Waals surface area contributed by atoms with Crippen molar-refractivity contribution in [2.75, 3.05) is 33.3 Å². The number of piperidine rings is 2. The number of nitrogens with one attached hydrogen (secondary N) is 1. The highest BCUT2D eigenvalue weighted by molar-refractivity contribution is 7.89. The molecular formula is C21H30ClN3O5S. The lowest BCUT2D eigenvalue weighted by Crippen LogP contribution is -2.50. The van der Waals surface area contributed by atoms with Crippen LogP contribution >= 0.6 is 11.6 Å². The number of hydrogen-bond acceptors (Lipinski definition) is 6. The van der Waals surface area contributed by atoms with Crippen LogP contribution in [0.4, 0.5) is 0 Å². The summed E-state index contributed by atoms with van der Waals surface area (Å²) in [6, 6.07) is 4.88. The quantitative estimate of drug-likeness (QED) is 0.640. The second-order valence-corrected chi connectivity index (χ2v) is 10.6. The number of carbonyl (C=O) groups excluding carboxylic acids is 2. The molecule has 2 saturated heterocycles. The number of rotatable bonds is 6. The van der Waals surface area contributed by atoms with Crippen molar-refractivity contribution in [1.82, 2.24) is 14.7 Å². The second kappa shape index (κ2) is 10.3. The van der Waals surface area contributed by atoms with Gasteiger partial charge in [-0.15, -0.1) is 0 Å². The molecule has 0 aliphatic carbocycles. The molecule has 0 spiro atoms. The van der Waals surface area contributed by atoms with Crippen LogP contribution in [0.2, 0.25) is 5.02 Å². The van der Waals surface area contributed by atoms with Crippen LogP contribution in [0.15, 0.2) is 23.1 Å². The Labute approximate surface area is 188 Å².